The molecule has 1 heterocycles. The van der Waals surface area contributed by atoms with Gasteiger partial charge in [0, 0.05) is 22.8 Å². The first-order valence-corrected chi connectivity index (χ1v) is 6.94. The van der Waals surface area contributed by atoms with Crippen LogP contribution in [0.2, 0.25) is 0 Å². The molecule has 0 unspecified atom stereocenters. The zero-order chi connectivity index (χ0) is 13.9. The Morgan fingerprint density at radius 3 is 2.75 bits per heavy atom. The van der Waals surface area contributed by atoms with Gasteiger partial charge in [0.25, 0.3) is 5.89 Å². The number of para-hydroxylation sites is 1. The summed E-state index contributed by atoms with van der Waals surface area (Å²) in [5, 5.41) is 7.16. The van der Waals surface area contributed by atoms with Crippen LogP contribution >= 0.6 is 15.9 Å². The highest BCUT2D eigenvalue weighted by atomic mass is 79.9. The van der Waals surface area contributed by atoms with E-state index in [0.717, 1.165) is 21.3 Å². The minimum absolute atomic E-state index is 0.505. The first-order valence-electron chi connectivity index (χ1n) is 6.15. The summed E-state index contributed by atoms with van der Waals surface area (Å²) in [5.41, 5.74) is 2.76. The minimum atomic E-state index is 0.505. The Morgan fingerprint density at radius 2 is 1.95 bits per heavy atom. The fraction of sp³-hybridized carbons (Fsp3) is 0.0667. The van der Waals surface area contributed by atoms with E-state index >= 15 is 0 Å². The molecule has 100 valence electrons. The number of rotatable bonds is 3. The smallest absolute Gasteiger partial charge is 0.260 e. The number of hydrogen-bond acceptors (Lipinski definition) is 4. The summed E-state index contributed by atoms with van der Waals surface area (Å²) in [6.45, 7) is 0. The topological polar surface area (TPSA) is 51.0 Å². The van der Waals surface area contributed by atoms with Crippen molar-refractivity contribution in [1.82, 2.24) is 10.1 Å². The number of anilines is 1. The zero-order valence-corrected chi connectivity index (χ0v) is 12.4. The van der Waals surface area contributed by atoms with Gasteiger partial charge in [-0.05, 0) is 24.3 Å². The summed E-state index contributed by atoms with van der Waals surface area (Å²) < 4.78 is 6.35. The average Bonchev–Trinajstić information content (AvgIpc) is 2.97. The summed E-state index contributed by atoms with van der Waals surface area (Å²) in [6, 6.07) is 15.6. The van der Waals surface area contributed by atoms with E-state index in [1.165, 1.54) is 0 Å². The largest absolute Gasteiger partial charge is 0.387 e. The van der Waals surface area contributed by atoms with Crippen molar-refractivity contribution in [2.24, 2.45) is 0 Å². The quantitative estimate of drug-likeness (QED) is 0.782. The van der Waals surface area contributed by atoms with Crippen LogP contribution in [0.5, 0.6) is 0 Å². The second-order valence-electron chi connectivity index (χ2n) is 4.23. The molecule has 5 heteroatoms. The standard InChI is InChI=1S/C15H12BrN3O/c1-17-13-8-3-2-7-12(13)15-18-14(19-20-15)10-5-4-6-11(16)9-10/h2-9,17H,1H3. The van der Waals surface area contributed by atoms with Gasteiger partial charge in [-0.25, -0.2) is 0 Å². The van der Waals surface area contributed by atoms with Crippen LogP contribution in [0.4, 0.5) is 5.69 Å². The van der Waals surface area contributed by atoms with Crippen molar-refractivity contribution in [3.05, 3.63) is 53.0 Å². The molecule has 0 bridgehead atoms. The Bertz CT molecular complexity index is 739. The molecule has 0 spiro atoms. The highest BCUT2D eigenvalue weighted by molar-refractivity contribution is 9.10. The molecule has 0 saturated heterocycles. The van der Waals surface area contributed by atoms with Crippen molar-refractivity contribution in [2.45, 2.75) is 0 Å². The minimum Gasteiger partial charge on any atom is -0.387 e. The molecule has 0 aliphatic carbocycles. The maximum Gasteiger partial charge on any atom is 0.260 e. The van der Waals surface area contributed by atoms with Gasteiger partial charge in [0.15, 0.2) is 0 Å². The van der Waals surface area contributed by atoms with Gasteiger partial charge >= 0.3 is 0 Å². The van der Waals surface area contributed by atoms with Crippen molar-refractivity contribution < 1.29 is 4.52 Å². The molecule has 0 fully saturated rings. The van der Waals surface area contributed by atoms with Gasteiger partial charge in [0.05, 0.1) is 5.56 Å². The lowest BCUT2D eigenvalue weighted by Crippen LogP contribution is -1.91. The number of halogens is 1. The normalized spacial score (nSPS) is 10.5. The molecule has 0 atom stereocenters. The number of aromatic nitrogens is 2. The van der Waals surface area contributed by atoms with Crippen LogP contribution in [0.25, 0.3) is 22.8 Å². The Kier molecular flexibility index (Phi) is 3.52. The number of nitrogens with one attached hydrogen (secondary N) is 1. The lowest BCUT2D eigenvalue weighted by molar-refractivity contribution is 0.432. The van der Waals surface area contributed by atoms with Gasteiger partial charge in [-0.15, -0.1) is 0 Å². The SMILES string of the molecule is CNc1ccccc1-c1nc(-c2cccc(Br)c2)no1. The van der Waals surface area contributed by atoms with Crippen LogP contribution in [0.1, 0.15) is 0 Å². The highest BCUT2D eigenvalue weighted by Crippen LogP contribution is 2.28. The first-order chi connectivity index (χ1) is 9.78. The molecule has 4 nitrogen and oxygen atoms in total. The van der Waals surface area contributed by atoms with E-state index in [1.807, 2.05) is 55.6 Å². The molecule has 1 N–H and O–H groups in total. The average molecular weight is 330 g/mol. The van der Waals surface area contributed by atoms with E-state index in [9.17, 15) is 0 Å². The van der Waals surface area contributed by atoms with Crippen LogP contribution in [0.15, 0.2) is 57.5 Å². The molecule has 0 saturated carbocycles. The molecule has 20 heavy (non-hydrogen) atoms. The van der Waals surface area contributed by atoms with Gasteiger partial charge in [-0.3, -0.25) is 0 Å². The predicted molar refractivity (Wildman–Crippen MR) is 82.4 cm³/mol. The van der Waals surface area contributed by atoms with E-state index in [1.54, 1.807) is 0 Å². The zero-order valence-electron chi connectivity index (χ0n) is 10.8. The molecule has 3 aromatic rings. The lowest BCUT2D eigenvalue weighted by atomic mass is 10.1. The first kappa shape index (κ1) is 12.9. The molecule has 0 aliphatic rings. The summed E-state index contributed by atoms with van der Waals surface area (Å²) in [7, 11) is 1.87. The van der Waals surface area contributed by atoms with Crippen LogP contribution < -0.4 is 5.32 Å². The molecule has 0 amide bonds. The number of hydrogen-bond donors (Lipinski definition) is 1. The maximum absolute atomic E-state index is 5.37. The number of benzene rings is 2. The fourth-order valence-electron chi connectivity index (χ4n) is 1.97. The highest BCUT2D eigenvalue weighted by Gasteiger charge is 2.13. The Morgan fingerprint density at radius 1 is 1.10 bits per heavy atom. The molecule has 0 aliphatic heterocycles. The third-order valence-electron chi connectivity index (χ3n) is 2.94. The van der Waals surface area contributed by atoms with Gasteiger partial charge < -0.3 is 9.84 Å². The second-order valence-corrected chi connectivity index (χ2v) is 5.14. The van der Waals surface area contributed by atoms with Gasteiger partial charge in [0.2, 0.25) is 5.82 Å². The summed E-state index contributed by atoms with van der Waals surface area (Å²) in [4.78, 5) is 4.46. The molecule has 0 radical (unpaired) electrons. The molecule has 2 aromatic carbocycles. The van der Waals surface area contributed by atoms with Crippen molar-refractivity contribution in [3.8, 4) is 22.8 Å². The van der Waals surface area contributed by atoms with Crippen LogP contribution in [-0.2, 0) is 0 Å². The van der Waals surface area contributed by atoms with Crippen LogP contribution in [-0.4, -0.2) is 17.2 Å². The molecule has 3 rings (SSSR count). The third-order valence-corrected chi connectivity index (χ3v) is 3.43. The molecule has 1 aromatic heterocycles. The summed E-state index contributed by atoms with van der Waals surface area (Å²) in [6.07, 6.45) is 0. The predicted octanol–water partition coefficient (Wildman–Crippen LogP) is 4.21. The Labute approximate surface area is 125 Å². The van der Waals surface area contributed by atoms with Gasteiger partial charge in [0.1, 0.15) is 0 Å². The van der Waals surface area contributed by atoms with Gasteiger partial charge in [-0.2, -0.15) is 4.98 Å². The van der Waals surface area contributed by atoms with E-state index in [0.29, 0.717) is 11.7 Å². The van der Waals surface area contributed by atoms with Crippen molar-refractivity contribution >= 4 is 21.6 Å². The Balaban J connectivity index is 2.02. The lowest BCUT2D eigenvalue weighted by Gasteiger charge is -2.03. The summed E-state index contributed by atoms with van der Waals surface area (Å²) in [5.74, 6) is 1.08. The van der Waals surface area contributed by atoms with Crippen molar-refractivity contribution in [2.75, 3.05) is 12.4 Å². The summed E-state index contributed by atoms with van der Waals surface area (Å²) >= 11 is 3.44. The fourth-order valence-corrected chi connectivity index (χ4v) is 2.36. The van der Waals surface area contributed by atoms with Crippen molar-refractivity contribution in [1.29, 1.82) is 0 Å². The van der Waals surface area contributed by atoms with Crippen LogP contribution in [0.3, 0.4) is 0 Å². The van der Waals surface area contributed by atoms with E-state index in [2.05, 4.69) is 31.4 Å². The maximum atomic E-state index is 5.37. The molecular formula is C15H12BrN3O. The monoisotopic (exact) mass is 329 g/mol. The van der Waals surface area contributed by atoms with E-state index in [4.69, 9.17) is 4.52 Å². The van der Waals surface area contributed by atoms with Gasteiger partial charge in [-0.1, -0.05) is 45.4 Å². The molecular weight excluding hydrogens is 318 g/mol. The second kappa shape index (κ2) is 5.46. The third kappa shape index (κ3) is 2.44. The van der Waals surface area contributed by atoms with Crippen LogP contribution in [0, 0.1) is 0 Å². The van der Waals surface area contributed by atoms with Crippen molar-refractivity contribution in [3.63, 3.8) is 0 Å². The number of nitrogens with zero attached hydrogens (tertiary/aromatic N) is 2. The van der Waals surface area contributed by atoms with E-state index < -0.39 is 0 Å². The van der Waals surface area contributed by atoms with E-state index in [-0.39, 0.29) is 0 Å². The Hall–Kier alpha value is -2.14.